The van der Waals surface area contributed by atoms with Gasteiger partial charge >= 0.3 is 0 Å². The maximum Gasteiger partial charge on any atom is 0.0707 e. The summed E-state index contributed by atoms with van der Waals surface area (Å²) >= 11 is 0. The fraction of sp³-hybridized carbons (Fsp3) is 1.00. The van der Waals surface area contributed by atoms with Crippen molar-refractivity contribution in [2.24, 2.45) is 5.92 Å². The summed E-state index contributed by atoms with van der Waals surface area (Å²) in [5.74, 6) is 0.874. The van der Waals surface area contributed by atoms with Crippen molar-refractivity contribution in [2.75, 3.05) is 26.3 Å². The lowest BCUT2D eigenvalue weighted by Gasteiger charge is -2.19. The first-order valence-electron chi connectivity index (χ1n) is 6.62. The highest BCUT2D eigenvalue weighted by molar-refractivity contribution is 4.81. The maximum absolute atomic E-state index is 5.90. The molecule has 1 aliphatic heterocycles. The predicted octanol–water partition coefficient (Wildman–Crippen LogP) is 1.96. The van der Waals surface area contributed by atoms with E-state index in [-0.39, 0.29) is 5.60 Å². The Bertz CT molecular complexity index is 214. The number of nitrogens with one attached hydrogen (secondary N) is 1. The lowest BCUT2D eigenvalue weighted by atomic mass is 10.1. The van der Waals surface area contributed by atoms with Crippen molar-refractivity contribution in [3.05, 3.63) is 0 Å². The molecule has 2 aliphatic rings. The Kier molecular flexibility index (Phi) is 4.22. The van der Waals surface area contributed by atoms with Crippen molar-refractivity contribution in [1.82, 2.24) is 5.32 Å². The summed E-state index contributed by atoms with van der Waals surface area (Å²) < 4.78 is 11.5. The minimum Gasteiger partial charge on any atom is -0.380 e. The molecule has 0 spiro atoms. The first-order valence-corrected chi connectivity index (χ1v) is 6.62. The standard InChI is InChI=1S/C13H25NO2/c1-13(2)6-5-12(16-13)9-14-7-8-15-10-11-3-4-11/h11-12,14H,3-10H2,1-2H3. The molecule has 1 unspecified atom stereocenters. The molecule has 1 N–H and O–H groups in total. The van der Waals surface area contributed by atoms with Gasteiger partial charge in [-0.15, -0.1) is 0 Å². The first kappa shape index (κ1) is 12.3. The lowest BCUT2D eigenvalue weighted by Crippen LogP contribution is -2.31. The van der Waals surface area contributed by atoms with Gasteiger partial charge in [-0.05, 0) is 45.4 Å². The fourth-order valence-electron chi connectivity index (χ4n) is 2.16. The average Bonchev–Trinajstić information content (AvgIpc) is 2.97. The zero-order valence-corrected chi connectivity index (χ0v) is 10.6. The summed E-state index contributed by atoms with van der Waals surface area (Å²) in [6.45, 7) is 8.07. The molecule has 94 valence electrons. The molecule has 0 bridgehead atoms. The predicted molar refractivity (Wildman–Crippen MR) is 64.6 cm³/mol. The number of hydrogen-bond acceptors (Lipinski definition) is 3. The Labute approximate surface area is 98.9 Å². The summed E-state index contributed by atoms with van der Waals surface area (Å²) in [5.41, 5.74) is 0.0921. The SMILES string of the molecule is CC1(C)CCC(CNCCOCC2CC2)O1. The summed E-state index contributed by atoms with van der Waals surface area (Å²) in [6.07, 6.45) is 5.51. The van der Waals surface area contributed by atoms with Gasteiger partial charge in [0.05, 0.1) is 18.3 Å². The van der Waals surface area contributed by atoms with Gasteiger partial charge in [0.1, 0.15) is 0 Å². The summed E-state index contributed by atoms with van der Waals surface area (Å²) in [5, 5.41) is 3.41. The van der Waals surface area contributed by atoms with Crippen molar-refractivity contribution in [3.63, 3.8) is 0 Å². The molecule has 1 aliphatic carbocycles. The molecule has 1 atom stereocenters. The van der Waals surface area contributed by atoms with E-state index in [9.17, 15) is 0 Å². The van der Waals surface area contributed by atoms with Crippen LogP contribution in [0.2, 0.25) is 0 Å². The smallest absolute Gasteiger partial charge is 0.0707 e. The minimum absolute atomic E-state index is 0.0921. The molecule has 0 radical (unpaired) electrons. The fourth-order valence-corrected chi connectivity index (χ4v) is 2.16. The zero-order chi connectivity index (χ0) is 11.4. The molecule has 0 aromatic carbocycles. The van der Waals surface area contributed by atoms with Crippen LogP contribution >= 0.6 is 0 Å². The Hall–Kier alpha value is -0.120. The molecule has 0 amide bonds. The molecule has 1 heterocycles. The molecule has 0 aromatic rings. The van der Waals surface area contributed by atoms with Crippen molar-refractivity contribution in [2.45, 2.75) is 51.2 Å². The average molecular weight is 227 g/mol. The van der Waals surface area contributed by atoms with Crippen molar-refractivity contribution < 1.29 is 9.47 Å². The number of hydrogen-bond donors (Lipinski definition) is 1. The van der Waals surface area contributed by atoms with Crippen molar-refractivity contribution in [3.8, 4) is 0 Å². The molecule has 16 heavy (non-hydrogen) atoms. The van der Waals surface area contributed by atoms with Crippen molar-refractivity contribution >= 4 is 0 Å². The summed E-state index contributed by atoms with van der Waals surface area (Å²) in [6, 6.07) is 0. The van der Waals surface area contributed by atoms with E-state index in [1.807, 2.05) is 0 Å². The molecule has 1 saturated heterocycles. The van der Waals surface area contributed by atoms with Crippen LogP contribution in [-0.2, 0) is 9.47 Å². The summed E-state index contributed by atoms with van der Waals surface area (Å²) in [4.78, 5) is 0. The first-order chi connectivity index (χ1) is 7.66. The maximum atomic E-state index is 5.90. The highest BCUT2D eigenvalue weighted by atomic mass is 16.5. The van der Waals surface area contributed by atoms with Crippen LogP contribution in [0.3, 0.4) is 0 Å². The second-order valence-corrected chi connectivity index (χ2v) is 5.76. The molecule has 0 aromatic heterocycles. The van der Waals surface area contributed by atoms with E-state index < -0.39 is 0 Å². The van der Waals surface area contributed by atoms with Crippen molar-refractivity contribution in [1.29, 1.82) is 0 Å². The molecular weight excluding hydrogens is 202 g/mol. The van der Waals surface area contributed by atoms with E-state index in [4.69, 9.17) is 9.47 Å². The van der Waals surface area contributed by atoms with Gasteiger partial charge in [0, 0.05) is 19.7 Å². The monoisotopic (exact) mass is 227 g/mol. The van der Waals surface area contributed by atoms with Gasteiger partial charge in [-0.2, -0.15) is 0 Å². The van der Waals surface area contributed by atoms with Crippen LogP contribution in [0, 0.1) is 5.92 Å². The van der Waals surface area contributed by atoms with Crippen LogP contribution in [0.25, 0.3) is 0 Å². The van der Waals surface area contributed by atoms with Gasteiger partial charge in [-0.3, -0.25) is 0 Å². The Balaban J connectivity index is 1.42. The quantitative estimate of drug-likeness (QED) is 0.674. The Morgan fingerprint density at radius 2 is 2.12 bits per heavy atom. The second-order valence-electron chi connectivity index (χ2n) is 5.76. The molecule has 3 heteroatoms. The van der Waals surface area contributed by atoms with E-state index in [1.54, 1.807) is 0 Å². The van der Waals surface area contributed by atoms with Crippen LogP contribution in [0.1, 0.15) is 39.5 Å². The number of ether oxygens (including phenoxy) is 2. The van der Waals surface area contributed by atoms with Gasteiger partial charge in [0.15, 0.2) is 0 Å². The third-order valence-electron chi connectivity index (χ3n) is 3.40. The van der Waals surface area contributed by atoms with Gasteiger partial charge in [0.2, 0.25) is 0 Å². The van der Waals surface area contributed by atoms with Crippen LogP contribution in [0.4, 0.5) is 0 Å². The van der Waals surface area contributed by atoms with Gasteiger partial charge < -0.3 is 14.8 Å². The van der Waals surface area contributed by atoms with Crippen LogP contribution in [-0.4, -0.2) is 38.0 Å². The third-order valence-corrected chi connectivity index (χ3v) is 3.40. The lowest BCUT2D eigenvalue weighted by molar-refractivity contribution is -0.0147. The normalized spacial score (nSPS) is 28.5. The molecule has 2 rings (SSSR count). The minimum atomic E-state index is 0.0921. The van der Waals surface area contributed by atoms with E-state index >= 15 is 0 Å². The number of rotatable bonds is 7. The summed E-state index contributed by atoms with van der Waals surface area (Å²) in [7, 11) is 0. The van der Waals surface area contributed by atoms with Crippen LogP contribution in [0.15, 0.2) is 0 Å². The van der Waals surface area contributed by atoms with Crippen LogP contribution in [0.5, 0.6) is 0 Å². The van der Waals surface area contributed by atoms with Crippen LogP contribution < -0.4 is 5.32 Å². The van der Waals surface area contributed by atoms with Gasteiger partial charge in [0.25, 0.3) is 0 Å². The molecule has 3 nitrogen and oxygen atoms in total. The third kappa shape index (κ3) is 4.40. The molecule has 2 fully saturated rings. The van der Waals surface area contributed by atoms with E-state index in [0.717, 1.165) is 32.2 Å². The topological polar surface area (TPSA) is 30.5 Å². The second kappa shape index (κ2) is 5.48. The molecule has 1 saturated carbocycles. The van der Waals surface area contributed by atoms with E-state index in [2.05, 4.69) is 19.2 Å². The molecular formula is C13H25NO2. The highest BCUT2D eigenvalue weighted by Crippen LogP contribution is 2.29. The zero-order valence-electron chi connectivity index (χ0n) is 10.6. The van der Waals surface area contributed by atoms with Gasteiger partial charge in [-0.25, -0.2) is 0 Å². The Morgan fingerprint density at radius 3 is 2.75 bits per heavy atom. The Morgan fingerprint density at radius 1 is 1.31 bits per heavy atom. The van der Waals surface area contributed by atoms with E-state index in [1.165, 1.54) is 25.7 Å². The highest BCUT2D eigenvalue weighted by Gasteiger charge is 2.31. The van der Waals surface area contributed by atoms with E-state index in [0.29, 0.717) is 6.10 Å². The van der Waals surface area contributed by atoms with Gasteiger partial charge in [-0.1, -0.05) is 0 Å². The largest absolute Gasteiger partial charge is 0.380 e.